The van der Waals surface area contributed by atoms with E-state index >= 15 is 0 Å². The van der Waals surface area contributed by atoms with Crippen LogP contribution in [-0.2, 0) is 18.6 Å². The van der Waals surface area contributed by atoms with Crippen LogP contribution in [0, 0.1) is 0 Å². The van der Waals surface area contributed by atoms with Crippen molar-refractivity contribution in [2.24, 2.45) is 0 Å². The number of hydrogen-bond donors (Lipinski definition) is 0. The van der Waals surface area contributed by atoms with Crippen LogP contribution in [0.25, 0.3) is 0 Å². The predicted molar refractivity (Wildman–Crippen MR) is 106 cm³/mol. The Kier molecular flexibility index (Phi) is 4.53. The molecule has 0 aliphatic carbocycles. The van der Waals surface area contributed by atoms with E-state index in [1.54, 1.807) is 0 Å². The lowest BCUT2D eigenvalue weighted by Gasteiger charge is -2.32. The maximum atomic E-state index is 6.15. The van der Waals surface area contributed by atoms with Crippen molar-refractivity contribution in [1.29, 1.82) is 0 Å². The second kappa shape index (κ2) is 5.83. The monoisotopic (exact) mass is 408 g/mol. The molecule has 0 bridgehead atoms. The van der Waals surface area contributed by atoms with Crippen LogP contribution in [0.4, 0.5) is 0 Å². The van der Waals surface area contributed by atoms with Crippen LogP contribution in [0.2, 0.25) is 0 Å². The summed E-state index contributed by atoms with van der Waals surface area (Å²) in [6.07, 6.45) is 0. The summed E-state index contributed by atoms with van der Waals surface area (Å²) in [5.41, 5.74) is 0.524. The predicted octanol–water partition coefficient (Wildman–Crippen LogP) is 3.05. The Balaban J connectivity index is 1.84. The van der Waals surface area contributed by atoms with Gasteiger partial charge < -0.3 is 18.6 Å². The van der Waals surface area contributed by atoms with Crippen molar-refractivity contribution in [2.75, 3.05) is 0 Å². The number of benzene rings is 1. The van der Waals surface area contributed by atoms with Gasteiger partial charge in [-0.25, -0.2) is 0 Å². The molecule has 0 aromatic heterocycles. The second-order valence-electron chi connectivity index (χ2n) is 8.96. The van der Waals surface area contributed by atoms with Crippen molar-refractivity contribution < 1.29 is 18.6 Å². The van der Waals surface area contributed by atoms with Crippen molar-refractivity contribution in [1.82, 2.24) is 0 Å². The van der Waals surface area contributed by atoms with Crippen LogP contribution in [0.5, 0.6) is 0 Å². The molecule has 2 fully saturated rings. The van der Waals surface area contributed by atoms with Gasteiger partial charge in [-0.15, -0.1) is 0 Å². The lowest BCUT2D eigenvalue weighted by Crippen LogP contribution is -2.41. The molecule has 1 aromatic rings. The Morgan fingerprint density at radius 2 is 1.08 bits per heavy atom. The van der Waals surface area contributed by atoms with Crippen molar-refractivity contribution >= 4 is 41.1 Å². The standard InChI is InChI=1S/C18H27B2BrO4/c1-15(2)16(3,4)23-19(22-15)12-9-10-13(14(21)11-12)20-24-17(5,6)18(7,8)25-20/h9-11H,1-8H3. The van der Waals surface area contributed by atoms with Gasteiger partial charge >= 0.3 is 14.2 Å². The highest BCUT2D eigenvalue weighted by Gasteiger charge is 2.53. The highest BCUT2D eigenvalue weighted by atomic mass is 79.9. The van der Waals surface area contributed by atoms with Crippen LogP contribution in [-0.4, -0.2) is 36.6 Å². The highest BCUT2D eigenvalue weighted by Crippen LogP contribution is 2.38. The van der Waals surface area contributed by atoms with E-state index < -0.39 is 7.12 Å². The zero-order chi connectivity index (χ0) is 18.8. The van der Waals surface area contributed by atoms with Crippen molar-refractivity contribution in [2.45, 2.75) is 77.8 Å². The molecule has 7 heteroatoms. The van der Waals surface area contributed by atoms with Gasteiger partial charge in [-0.1, -0.05) is 28.1 Å². The van der Waals surface area contributed by atoms with Crippen molar-refractivity contribution in [3.63, 3.8) is 0 Å². The van der Waals surface area contributed by atoms with Crippen molar-refractivity contribution in [3.05, 3.63) is 22.7 Å². The normalized spacial score (nSPS) is 26.3. The summed E-state index contributed by atoms with van der Waals surface area (Å²) in [5, 5.41) is 0. The first-order valence-electron chi connectivity index (χ1n) is 8.76. The van der Waals surface area contributed by atoms with E-state index in [-0.39, 0.29) is 29.5 Å². The summed E-state index contributed by atoms with van der Waals surface area (Å²) >= 11 is 3.67. The summed E-state index contributed by atoms with van der Waals surface area (Å²) in [6.45, 7) is 16.4. The molecule has 0 N–H and O–H groups in total. The minimum Gasteiger partial charge on any atom is -0.399 e. The molecule has 25 heavy (non-hydrogen) atoms. The van der Waals surface area contributed by atoms with Gasteiger partial charge in [-0.3, -0.25) is 0 Å². The summed E-state index contributed by atoms with van der Waals surface area (Å²) in [7, 11) is -0.777. The average molecular weight is 409 g/mol. The molecular formula is C18H27B2BrO4. The summed E-state index contributed by atoms with van der Waals surface area (Å²) in [5.74, 6) is 0. The molecule has 0 spiro atoms. The number of halogens is 1. The van der Waals surface area contributed by atoms with E-state index in [1.165, 1.54) is 0 Å². The Labute approximate surface area is 160 Å². The molecule has 2 aliphatic heterocycles. The lowest BCUT2D eigenvalue weighted by molar-refractivity contribution is 0.00578. The molecule has 0 atom stereocenters. The fourth-order valence-electron chi connectivity index (χ4n) is 2.83. The Bertz CT molecular complexity index is 656. The van der Waals surface area contributed by atoms with Gasteiger partial charge in [0.05, 0.1) is 22.4 Å². The zero-order valence-electron chi connectivity index (χ0n) is 16.4. The third-order valence-corrected chi connectivity index (χ3v) is 6.74. The molecule has 0 radical (unpaired) electrons. The van der Waals surface area contributed by atoms with E-state index in [0.717, 1.165) is 15.4 Å². The smallest absolute Gasteiger partial charge is 0.399 e. The SMILES string of the molecule is CC1(C)OB(c2ccc(B3OC(C)(C)C(C)(C)O3)c(Br)c2)OC1(C)C. The molecule has 136 valence electrons. The van der Waals surface area contributed by atoms with Gasteiger partial charge in [0.15, 0.2) is 0 Å². The number of hydrogen-bond acceptors (Lipinski definition) is 4. The Morgan fingerprint density at radius 1 is 0.680 bits per heavy atom. The fourth-order valence-corrected chi connectivity index (χ4v) is 3.41. The molecule has 3 rings (SSSR count). The molecular weight excluding hydrogens is 382 g/mol. The molecule has 0 amide bonds. The number of rotatable bonds is 2. The summed E-state index contributed by atoms with van der Waals surface area (Å²) in [6, 6.07) is 6.07. The second-order valence-corrected chi connectivity index (χ2v) is 9.81. The first-order chi connectivity index (χ1) is 11.3. The largest absolute Gasteiger partial charge is 0.495 e. The van der Waals surface area contributed by atoms with E-state index in [9.17, 15) is 0 Å². The minimum absolute atomic E-state index is 0.353. The summed E-state index contributed by atoms with van der Waals surface area (Å²) in [4.78, 5) is 0. The van der Waals surface area contributed by atoms with Crippen molar-refractivity contribution in [3.8, 4) is 0 Å². The van der Waals surface area contributed by atoms with Gasteiger partial charge in [0.1, 0.15) is 0 Å². The molecule has 2 saturated heterocycles. The minimum atomic E-state index is -0.397. The molecule has 1 aromatic carbocycles. The topological polar surface area (TPSA) is 36.9 Å². The van der Waals surface area contributed by atoms with Gasteiger partial charge in [0, 0.05) is 4.47 Å². The first-order valence-corrected chi connectivity index (χ1v) is 9.56. The van der Waals surface area contributed by atoms with E-state index in [4.69, 9.17) is 18.6 Å². The Morgan fingerprint density at radius 3 is 1.48 bits per heavy atom. The molecule has 0 saturated carbocycles. The van der Waals surface area contributed by atoms with Gasteiger partial charge in [0.2, 0.25) is 0 Å². The highest BCUT2D eigenvalue weighted by molar-refractivity contribution is 9.10. The van der Waals surface area contributed by atoms with Gasteiger partial charge in [-0.05, 0) is 72.4 Å². The zero-order valence-corrected chi connectivity index (χ0v) is 18.0. The molecule has 2 heterocycles. The van der Waals surface area contributed by atoms with Crippen LogP contribution >= 0.6 is 15.9 Å². The lowest BCUT2D eigenvalue weighted by atomic mass is 9.74. The first kappa shape index (κ1) is 19.4. The van der Waals surface area contributed by atoms with E-state index in [1.807, 2.05) is 18.2 Å². The van der Waals surface area contributed by atoms with Crippen LogP contribution in [0.3, 0.4) is 0 Å². The summed E-state index contributed by atoms with van der Waals surface area (Å²) < 4.78 is 25.5. The average Bonchev–Trinajstić information content (AvgIpc) is 2.78. The third kappa shape index (κ3) is 3.23. The quantitative estimate of drug-likeness (QED) is 0.705. The molecule has 4 nitrogen and oxygen atoms in total. The maximum absolute atomic E-state index is 6.15. The van der Waals surface area contributed by atoms with Gasteiger partial charge in [0.25, 0.3) is 0 Å². The van der Waals surface area contributed by atoms with Crippen LogP contribution in [0.1, 0.15) is 55.4 Å². The van der Waals surface area contributed by atoms with E-state index in [2.05, 4.69) is 71.3 Å². The van der Waals surface area contributed by atoms with Gasteiger partial charge in [-0.2, -0.15) is 0 Å². The fraction of sp³-hybridized carbons (Fsp3) is 0.667. The van der Waals surface area contributed by atoms with E-state index in [0.29, 0.717) is 0 Å². The van der Waals surface area contributed by atoms with Crippen LogP contribution in [0.15, 0.2) is 22.7 Å². The van der Waals surface area contributed by atoms with Crippen LogP contribution < -0.4 is 10.9 Å². The molecule has 0 unspecified atom stereocenters. The third-order valence-electron chi connectivity index (χ3n) is 6.06. The molecule has 2 aliphatic rings. The Hall–Kier alpha value is -0.330. The maximum Gasteiger partial charge on any atom is 0.495 e.